The molecular weight excluding hydrogens is 152 g/mol. The second kappa shape index (κ2) is 5.81. The number of carbonyl (C=O) groups is 1. The minimum atomic E-state index is -0.245. The van der Waals surface area contributed by atoms with Gasteiger partial charge in [-0.25, -0.2) is 4.79 Å². The van der Waals surface area contributed by atoms with Crippen LogP contribution in [0.3, 0.4) is 0 Å². The van der Waals surface area contributed by atoms with Crippen molar-refractivity contribution in [3.05, 3.63) is 12.2 Å². The van der Waals surface area contributed by atoms with Crippen molar-refractivity contribution < 1.29 is 9.53 Å². The van der Waals surface area contributed by atoms with Crippen molar-refractivity contribution in [1.82, 2.24) is 0 Å². The van der Waals surface area contributed by atoms with Crippen LogP contribution in [-0.4, -0.2) is 12.1 Å². The Morgan fingerprint density at radius 1 is 1.50 bits per heavy atom. The molecule has 0 spiro atoms. The van der Waals surface area contributed by atoms with Gasteiger partial charge in [0.05, 0.1) is 0 Å². The monoisotopic (exact) mass is 170 g/mol. The zero-order valence-electron chi connectivity index (χ0n) is 8.33. The summed E-state index contributed by atoms with van der Waals surface area (Å²) in [6.07, 6.45) is 4.17. The lowest BCUT2D eigenvalue weighted by Crippen LogP contribution is -2.20. The lowest BCUT2D eigenvalue weighted by Gasteiger charge is -2.17. The van der Waals surface area contributed by atoms with Crippen molar-refractivity contribution in [3.63, 3.8) is 0 Å². The standard InChI is InChI=1S/C10H18O2/c1-5-7-10(11)12-9(4)8(3)6-2/h5,7-9H,6H2,1-4H3/b7-5+. The maximum absolute atomic E-state index is 11.0. The molecule has 2 atom stereocenters. The summed E-state index contributed by atoms with van der Waals surface area (Å²) in [6.45, 7) is 7.89. The van der Waals surface area contributed by atoms with E-state index in [2.05, 4.69) is 13.8 Å². The number of carbonyl (C=O) groups excluding carboxylic acids is 1. The van der Waals surface area contributed by atoms with Crippen LogP contribution in [0.1, 0.15) is 34.1 Å². The van der Waals surface area contributed by atoms with Gasteiger partial charge in [-0.2, -0.15) is 0 Å². The third-order valence-electron chi connectivity index (χ3n) is 2.05. The van der Waals surface area contributed by atoms with E-state index in [1.165, 1.54) is 6.08 Å². The highest BCUT2D eigenvalue weighted by Crippen LogP contribution is 2.10. The highest BCUT2D eigenvalue weighted by atomic mass is 16.5. The van der Waals surface area contributed by atoms with Crippen molar-refractivity contribution in [3.8, 4) is 0 Å². The van der Waals surface area contributed by atoms with Crippen molar-refractivity contribution in [2.24, 2.45) is 5.92 Å². The van der Waals surface area contributed by atoms with Gasteiger partial charge in [-0.05, 0) is 19.8 Å². The average molecular weight is 170 g/mol. The molecule has 0 aliphatic rings. The molecule has 0 aromatic rings. The first-order valence-corrected chi connectivity index (χ1v) is 4.45. The maximum Gasteiger partial charge on any atom is 0.330 e. The zero-order chi connectivity index (χ0) is 9.56. The minimum absolute atomic E-state index is 0.0127. The number of hydrogen-bond acceptors (Lipinski definition) is 2. The largest absolute Gasteiger partial charge is 0.459 e. The van der Waals surface area contributed by atoms with Gasteiger partial charge >= 0.3 is 5.97 Å². The van der Waals surface area contributed by atoms with Gasteiger partial charge in [0, 0.05) is 6.08 Å². The van der Waals surface area contributed by atoms with E-state index in [0.29, 0.717) is 5.92 Å². The van der Waals surface area contributed by atoms with Gasteiger partial charge in [-0.15, -0.1) is 0 Å². The number of ether oxygens (including phenoxy) is 1. The fraction of sp³-hybridized carbons (Fsp3) is 0.700. The molecular formula is C10H18O2. The number of rotatable bonds is 4. The maximum atomic E-state index is 11.0. The fourth-order valence-electron chi connectivity index (χ4n) is 0.807. The number of esters is 1. The molecule has 0 heterocycles. The van der Waals surface area contributed by atoms with Gasteiger partial charge in [0.15, 0.2) is 0 Å². The molecule has 0 aliphatic heterocycles. The number of hydrogen-bond donors (Lipinski definition) is 0. The van der Waals surface area contributed by atoms with Crippen molar-refractivity contribution >= 4 is 5.97 Å². The first-order chi connectivity index (χ1) is 5.61. The third-order valence-corrected chi connectivity index (χ3v) is 2.05. The van der Waals surface area contributed by atoms with Crippen LogP contribution < -0.4 is 0 Å². The molecule has 0 aromatic heterocycles. The summed E-state index contributed by atoms with van der Waals surface area (Å²) in [7, 11) is 0. The van der Waals surface area contributed by atoms with E-state index in [-0.39, 0.29) is 12.1 Å². The van der Waals surface area contributed by atoms with Crippen molar-refractivity contribution in [2.75, 3.05) is 0 Å². The second-order valence-corrected chi connectivity index (χ2v) is 3.03. The average Bonchev–Trinajstić information content (AvgIpc) is 2.03. The van der Waals surface area contributed by atoms with E-state index >= 15 is 0 Å². The molecule has 0 aliphatic carbocycles. The third kappa shape index (κ3) is 4.16. The Labute approximate surface area is 74.6 Å². The summed E-state index contributed by atoms with van der Waals surface area (Å²) in [5, 5.41) is 0. The summed E-state index contributed by atoms with van der Waals surface area (Å²) >= 11 is 0. The lowest BCUT2D eigenvalue weighted by atomic mass is 10.0. The van der Waals surface area contributed by atoms with Crippen LogP contribution in [-0.2, 0) is 9.53 Å². The molecule has 2 unspecified atom stereocenters. The van der Waals surface area contributed by atoms with Crippen LogP contribution in [0.5, 0.6) is 0 Å². The minimum Gasteiger partial charge on any atom is -0.459 e. The van der Waals surface area contributed by atoms with Gasteiger partial charge in [-0.1, -0.05) is 26.3 Å². The molecule has 0 rings (SSSR count). The summed E-state index contributed by atoms with van der Waals surface area (Å²) in [4.78, 5) is 11.0. The molecule has 70 valence electrons. The Bertz CT molecular complexity index is 161. The first-order valence-electron chi connectivity index (χ1n) is 4.45. The fourth-order valence-corrected chi connectivity index (χ4v) is 0.807. The van der Waals surface area contributed by atoms with E-state index in [1.807, 2.05) is 6.92 Å². The van der Waals surface area contributed by atoms with Crippen molar-refractivity contribution in [2.45, 2.75) is 40.2 Å². The van der Waals surface area contributed by atoms with E-state index in [9.17, 15) is 4.79 Å². The summed E-state index contributed by atoms with van der Waals surface area (Å²) in [6, 6.07) is 0. The highest BCUT2D eigenvalue weighted by molar-refractivity contribution is 5.81. The Balaban J connectivity index is 3.83. The molecule has 0 radical (unpaired) electrons. The van der Waals surface area contributed by atoms with Gasteiger partial charge < -0.3 is 4.74 Å². The molecule has 0 aromatic carbocycles. The Kier molecular flexibility index (Phi) is 5.43. The van der Waals surface area contributed by atoms with Crippen molar-refractivity contribution in [1.29, 1.82) is 0 Å². The summed E-state index contributed by atoms with van der Waals surface area (Å²) in [5.74, 6) is 0.185. The topological polar surface area (TPSA) is 26.3 Å². The smallest absolute Gasteiger partial charge is 0.330 e. The predicted octanol–water partition coefficient (Wildman–Crippen LogP) is 2.54. The quantitative estimate of drug-likeness (QED) is 0.478. The predicted molar refractivity (Wildman–Crippen MR) is 49.8 cm³/mol. The van der Waals surface area contributed by atoms with Gasteiger partial charge in [0.25, 0.3) is 0 Å². The van der Waals surface area contributed by atoms with Crippen LogP contribution in [0.25, 0.3) is 0 Å². The van der Waals surface area contributed by atoms with Crippen LogP contribution in [0, 0.1) is 5.92 Å². The van der Waals surface area contributed by atoms with Crippen LogP contribution in [0.2, 0.25) is 0 Å². The molecule has 2 heteroatoms. The number of allylic oxidation sites excluding steroid dienone is 1. The van der Waals surface area contributed by atoms with Crippen LogP contribution in [0.15, 0.2) is 12.2 Å². The normalized spacial score (nSPS) is 16.0. The van der Waals surface area contributed by atoms with Gasteiger partial charge in [0.1, 0.15) is 6.10 Å². The highest BCUT2D eigenvalue weighted by Gasteiger charge is 2.12. The molecule has 12 heavy (non-hydrogen) atoms. The van der Waals surface area contributed by atoms with Gasteiger partial charge in [-0.3, -0.25) is 0 Å². The van der Waals surface area contributed by atoms with E-state index in [1.54, 1.807) is 13.0 Å². The Hall–Kier alpha value is -0.790. The van der Waals surface area contributed by atoms with Crippen LogP contribution in [0.4, 0.5) is 0 Å². The Morgan fingerprint density at radius 3 is 2.50 bits per heavy atom. The molecule has 2 nitrogen and oxygen atoms in total. The van der Waals surface area contributed by atoms with E-state index in [0.717, 1.165) is 6.42 Å². The summed E-state index contributed by atoms with van der Waals surface area (Å²) < 4.78 is 5.12. The molecule has 0 saturated carbocycles. The molecule has 0 bridgehead atoms. The molecule has 0 N–H and O–H groups in total. The first kappa shape index (κ1) is 11.2. The van der Waals surface area contributed by atoms with E-state index < -0.39 is 0 Å². The van der Waals surface area contributed by atoms with Crippen LogP contribution >= 0.6 is 0 Å². The van der Waals surface area contributed by atoms with Gasteiger partial charge in [0.2, 0.25) is 0 Å². The molecule has 0 amide bonds. The Morgan fingerprint density at radius 2 is 2.08 bits per heavy atom. The zero-order valence-corrected chi connectivity index (χ0v) is 8.33. The SMILES string of the molecule is C/C=C/C(=O)OC(C)C(C)CC. The van der Waals surface area contributed by atoms with E-state index in [4.69, 9.17) is 4.74 Å². The molecule has 0 fully saturated rings. The summed E-state index contributed by atoms with van der Waals surface area (Å²) in [5.41, 5.74) is 0. The molecule has 0 saturated heterocycles. The lowest BCUT2D eigenvalue weighted by molar-refractivity contribution is -0.144. The second-order valence-electron chi connectivity index (χ2n) is 3.03.